The minimum Gasteiger partial charge on any atom is -0.268 e. The third kappa shape index (κ3) is 1.87. The van der Waals surface area contributed by atoms with E-state index in [-0.39, 0.29) is 11.8 Å². The summed E-state index contributed by atoms with van der Waals surface area (Å²) in [7, 11) is 0. The summed E-state index contributed by atoms with van der Waals surface area (Å²) in [5.74, 6) is -0.626. The Morgan fingerprint density at radius 3 is 2.15 bits per heavy atom. The van der Waals surface area contributed by atoms with Crippen LogP contribution in [-0.4, -0.2) is 11.8 Å². The van der Waals surface area contributed by atoms with Crippen molar-refractivity contribution in [3.63, 3.8) is 0 Å². The molecule has 0 saturated heterocycles. The predicted octanol–water partition coefficient (Wildman–Crippen LogP) is 4.21. The van der Waals surface area contributed by atoms with E-state index in [1.54, 1.807) is 36.4 Å². The van der Waals surface area contributed by atoms with Crippen LogP contribution in [0.4, 0.5) is 5.69 Å². The average molecular weight is 351 g/mol. The number of carbonyl (C=O) groups excluding carboxylic acids is 2. The van der Waals surface area contributed by atoms with Gasteiger partial charge in [0.25, 0.3) is 11.8 Å². The molecule has 20 heavy (non-hydrogen) atoms. The van der Waals surface area contributed by atoms with Crippen LogP contribution in [-0.2, 0) is 0 Å². The fourth-order valence-corrected chi connectivity index (χ4v) is 2.90. The van der Waals surface area contributed by atoms with Crippen LogP contribution in [0.2, 0.25) is 5.02 Å². The highest BCUT2D eigenvalue weighted by Gasteiger charge is 2.37. The third-order valence-electron chi connectivity index (χ3n) is 3.27. The fraction of sp³-hybridized carbons (Fsp3) is 0.0667. The summed E-state index contributed by atoms with van der Waals surface area (Å²) in [6.45, 7) is 1.83. The Morgan fingerprint density at radius 1 is 1.05 bits per heavy atom. The number of hydrogen-bond acceptors (Lipinski definition) is 2. The molecule has 1 aliphatic rings. The molecule has 2 aromatic rings. The molecule has 1 aliphatic heterocycles. The Balaban J connectivity index is 2.17. The first kappa shape index (κ1) is 13.3. The number of imide groups is 1. The zero-order valence-corrected chi connectivity index (χ0v) is 12.8. The number of benzene rings is 2. The van der Waals surface area contributed by atoms with Crippen LogP contribution in [0.3, 0.4) is 0 Å². The standard InChI is InChI=1S/C15H9BrClNO2/c1-8-6-11(16)12(17)7-13(8)18-14(19)9-4-2-3-5-10(9)15(18)20/h2-7H,1H3. The zero-order valence-electron chi connectivity index (χ0n) is 10.5. The fourth-order valence-electron chi connectivity index (χ4n) is 2.28. The van der Waals surface area contributed by atoms with E-state index in [1.807, 2.05) is 6.92 Å². The SMILES string of the molecule is Cc1cc(Br)c(Cl)cc1N1C(=O)c2ccccc2C1=O. The van der Waals surface area contributed by atoms with Gasteiger partial charge in [0.2, 0.25) is 0 Å². The molecule has 0 saturated carbocycles. The summed E-state index contributed by atoms with van der Waals surface area (Å²) in [6, 6.07) is 10.2. The summed E-state index contributed by atoms with van der Waals surface area (Å²) in [5, 5.41) is 0.460. The minimum atomic E-state index is -0.313. The molecule has 5 heteroatoms. The van der Waals surface area contributed by atoms with Crippen LogP contribution in [0.1, 0.15) is 26.3 Å². The molecule has 0 unspecified atom stereocenters. The van der Waals surface area contributed by atoms with Crippen molar-refractivity contribution in [3.8, 4) is 0 Å². The molecule has 3 rings (SSSR count). The smallest absolute Gasteiger partial charge is 0.266 e. The number of rotatable bonds is 1. The minimum absolute atomic E-state index is 0.313. The maximum Gasteiger partial charge on any atom is 0.266 e. The van der Waals surface area contributed by atoms with Crippen LogP contribution >= 0.6 is 27.5 Å². The van der Waals surface area contributed by atoms with E-state index in [0.717, 1.165) is 10.0 Å². The molecule has 0 N–H and O–H groups in total. The Labute approximate surface area is 129 Å². The monoisotopic (exact) mass is 349 g/mol. The van der Waals surface area contributed by atoms with Gasteiger partial charge < -0.3 is 0 Å². The molecule has 1 heterocycles. The summed E-state index contributed by atoms with van der Waals surface area (Å²) in [5.41, 5.74) is 2.17. The van der Waals surface area contributed by atoms with Gasteiger partial charge in [-0.1, -0.05) is 23.7 Å². The molecule has 0 aliphatic carbocycles. The van der Waals surface area contributed by atoms with Crippen molar-refractivity contribution < 1.29 is 9.59 Å². The van der Waals surface area contributed by atoms with Gasteiger partial charge in [-0.3, -0.25) is 9.59 Å². The number of aryl methyl sites for hydroxylation is 1. The van der Waals surface area contributed by atoms with Crippen LogP contribution in [0.15, 0.2) is 40.9 Å². The van der Waals surface area contributed by atoms with E-state index in [9.17, 15) is 9.59 Å². The molecule has 2 amide bonds. The van der Waals surface area contributed by atoms with E-state index >= 15 is 0 Å². The van der Waals surface area contributed by atoms with Crippen LogP contribution in [0.25, 0.3) is 0 Å². The van der Waals surface area contributed by atoms with E-state index in [0.29, 0.717) is 21.8 Å². The van der Waals surface area contributed by atoms with E-state index in [1.165, 1.54) is 4.90 Å². The third-order valence-corrected chi connectivity index (χ3v) is 4.47. The number of fused-ring (bicyclic) bond motifs is 1. The van der Waals surface area contributed by atoms with Gasteiger partial charge in [0, 0.05) is 4.47 Å². The van der Waals surface area contributed by atoms with Gasteiger partial charge in [0.1, 0.15) is 0 Å². The average Bonchev–Trinajstić information content (AvgIpc) is 2.68. The highest BCUT2D eigenvalue weighted by Crippen LogP contribution is 2.35. The lowest BCUT2D eigenvalue weighted by Gasteiger charge is -2.17. The molecule has 0 fully saturated rings. The Bertz CT molecular complexity index is 723. The molecular weight excluding hydrogens is 342 g/mol. The summed E-state index contributed by atoms with van der Waals surface area (Å²) in [6.07, 6.45) is 0. The molecule has 0 spiro atoms. The normalized spacial score (nSPS) is 13.8. The summed E-state index contributed by atoms with van der Waals surface area (Å²) >= 11 is 9.40. The van der Waals surface area contributed by atoms with E-state index < -0.39 is 0 Å². The molecule has 0 radical (unpaired) electrons. The molecule has 100 valence electrons. The quantitative estimate of drug-likeness (QED) is 0.722. The maximum atomic E-state index is 12.4. The number of nitrogens with zero attached hydrogens (tertiary/aromatic N) is 1. The van der Waals surface area contributed by atoms with Gasteiger partial charge >= 0.3 is 0 Å². The number of anilines is 1. The number of halogens is 2. The van der Waals surface area contributed by atoms with Crippen molar-refractivity contribution in [3.05, 3.63) is 62.6 Å². The lowest BCUT2D eigenvalue weighted by Crippen LogP contribution is -2.30. The molecule has 3 nitrogen and oxygen atoms in total. The Hall–Kier alpha value is -1.65. The first-order valence-electron chi connectivity index (χ1n) is 5.94. The van der Waals surface area contributed by atoms with Gasteiger partial charge in [-0.05, 0) is 52.7 Å². The van der Waals surface area contributed by atoms with Gasteiger partial charge in [-0.15, -0.1) is 0 Å². The van der Waals surface area contributed by atoms with Crippen molar-refractivity contribution >= 4 is 45.0 Å². The summed E-state index contributed by atoms with van der Waals surface area (Å²) < 4.78 is 0.733. The van der Waals surface area contributed by atoms with E-state index in [4.69, 9.17) is 11.6 Å². The second-order valence-corrected chi connectivity index (χ2v) is 5.81. The van der Waals surface area contributed by atoms with Crippen molar-refractivity contribution in [2.24, 2.45) is 0 Å². The van der Waals surface area contributed by atoms with Crippen molar-refractivity contribution in [1.82, 2.24) is 0 Å². The van der Waals surface area contributed by atoms with Gasteiger partial charge in [-0.25, -0.2) is 4.90 Å². The second kappa shape index (κ2) is 4.72. The number of amides is 2. The lowest BCUT2D eigenvalue weighted by atomic mass is 10.1. The summed E-state index contributed by atoms with van der Waals surface area (Å²) in [4.78, 5) is 26.0. The maximum absolute atomic E-state index is 12.4. The second-order valence-electron chi connectivity index (χ2n) is 4.54. The topological polar surface area (TPSA) is 37.4 Å². The number of carbonyl (C=O) groups is 2. The Kier molecular flexibility index (Phi) is 3.15. The molecule has 0 bridgehead atoms. The largest absolute Gasteiger partial charge is 0.268 e. The lowest BCUT2D eigenvalue weighted by molar-refractivity contribution is 0.0926. The van der Waals surface area contributed by atoms with Gasteiger partial charge in [0.15, 0.2) is 0 Å². The van der Waals surface area contributed by atoms with Crippen molar-refractivity contribution in [2.45, 2.75) is 6.92 Å². The molecule has 2 aromatic carbocycles. The van der Waals surface area contributed by atoms with Crippen molar-refractivity contribution in [2.75, 3.05) is 4.90 Å². The zero-order chi connectivity index (χ0) is 14.4. The highest BCUT2D eigenvalue weighted by atomic mass is 79.9. The Morgan fingerprint density at radius 2 is 1.60 bits per heavy atom. The first-order chi connectivity index (χ1) is 9.50. The van der Waals surface area contributed by atoms with Gasteiger partial charge in [-0.2, -0.15) is 0 Å². The molecule has 0 aromatic heterocycles. The van der Waals surface area contributed by atoms with E-state index in [2.05, 4.69) is 15.9 Å². The van der Waals surface area contributed by atoms with Crippen LogP contribution in [0, 0.1) is 6.92 Å². The van der Waals surface area contributed by atoms with Gasteiger partial charge in [0.05, 0.1) is 21.8 Å². The highest BCUT2D eigenvalue weighted by molar-refractivity contribution is 9.10. The van der Waals surface area contributed by atoms with Crippen molar-refractivity contribution in [1.29, 1.82) is 0 Å². The number of hydrogen-bond donors (Lipinski definition) is 0. The molecular formula is C15H9BrClNO2. The van der Waals surface area contributed by atoms with Crippen LogP contribution < -0.4 is 4.90 Å². The van der Waals surface area contributed by atoms with Crippen LogP contribution in [0.5, 0.6) is 0 Å². The molecule has 0 atom stereocenters. The first-order valence-corrected chi connectivity index (χ1v) is 7.11. The predicted molar refractivity (Wildman–Crippen MR) is 81.5 cm³/mol.